The Hall–Kier alpha value is -3.49. The van der Waals surface area contributed by atoms with Gasteiger partial charge in [-0.15, -0.1) is 0 Å². The maximum atomic E-state index is 13.6. The monoisotopic (exact) mass is 500 g/mol. The Bertz CT molecular complexity index is 1120. The lowest BCUT2D eigenvalue weighted by atomic mass is 9.63. The molecule has 0 spiro atoms. The zero-order valence-electron chi connectivity index (χ0n) is 21.2. The lowest BCUT2D eigenvalue weighted by molar-refractivity contribution is -0.154. The zero-order chi connectivity index (χ0) is 26.8. The van der Waals surface area contributed by atoms with Gasteiger partial charge in [-0.05, 0) is 29.4 Å². The van der Waals surface area contributed by atoms with Crippen LogP contribution in [0.5, 0.6) is 0 Å². The third kappa shape index (κ3) is 5.34. The molecule has 0 unspecified atom stereocenters. The molecule has 1 N–H and O–H groups in total. The van der Waals surface area contributed by atoms with Gasteiger partial charge in [-0.3, -0.25) is 19.2 Å². The Morgan fingerprint density at radius 3 is 2.44 bits per heavy atom. The molecule has 0 amide bonds. The summed E-state index contributed by atoms with van der Waals surface area (Å²) in [6, 6.07) is 1.60. The maximum Gasteiger partial charge on any atom is 0.331 e. The van der Waals surface area contributed by atoms with Crippen molar-refractivity contribution in [1.29, 1.82) is 0 Å². The number of carbonyl (C=O) groups is 5. The molecule has 9 nitrogen and oxygen atoms in total. The van der Waals surface area contributed by atoms with Gasteiger partial charge in [0.2, 0.25) is 0 Å². The summed E-state index contributed by atoms with van der Waals surface area (Å²) in [5, 5.41) is 9.32. The van der Waals surface area contributed by atoms with E-state index in [0.717, 1.165) is 6.08 Å². The van der Waals surface area contributed by atoms with Crippen LogP contribution in [-0.4, -0.2) is 41.7 Å². The molecule has 3 rings (SSSR count). The first-order valence-corrected chi connectivity index (χ1v) is 11.8. The van der Waals surface area contributed by atoms with Crippen molar-refractivity contribution in [3.8, 4) is 0 Å². The second-order valence-corrected chi connectivity index (χ2v) is 10.4. The number of ketones is 2. The van der Waals surface area contributed by atoms with Crippen molar-refractivity contribution in [1.82, 2.24) is 0 Å². The number of carboxylic acids is 1. The molecule has 1 aliphatic carbocycles. The van der Waals surface area contributed by atoms with Crippen LogP contribution in [0, 0.1) is 22.7 Å². The molecule has 0 aromatic carbocycles. The summed E-state index contributed by atoms with van der Waals surface area (Å²) in [4.78, 5) is 62.7. The van der Waals surface area contributed by atoms with E-state index in [-0.39, 0.29) is 43.0 Å². The molecule has 9 heteroatoms. The number of furan rings is 1. The van der Waals surface area contributed by atoms with Crippen molar-refractivity contribution < 1.29 is 43.0 Å². The summed E-state index contributed by atoms with van der Waals surface area (Å²) < 4.78 is 15.5. The lowest BCUT2D eigenvalue weighted by Gasteiger charge is -2.42. The predicted molar refractivity (Wildman–Crippen MR) is 126 cm³/mol. The minimum Gasteiger partial charge on any atom is -0.481 e. The fourth-order valence-electron chi connectivity index (χ4n) is 5.45. The van der Waals surface area contributed by atoms with Gasteiger partial charge < -0.3 is 19.0 Å². The number of Topliss-reactive ketones (excluding diaryl/α,β-unsaturated/α-hetero) is 2. The van der Waals surface area contributed by atoms with Gasteiger partial charge in [0.1, 0.15) is 6.10 Å². The number of hydrogen-bond donors (Lipinski definition) is 1. The standard InChI is InChI=1S/C27H32O9/c1-15-18(11-22(31)34-5)26(2,3)13-17(24(15)33)10-20(28)19-12-23(32)36-25(16-7-9-35-14-16)27(19,4)8-6-21(29)30/h7,9,12-15,18,25H,6,8,10-11H2,1-5H3,(H,29,30)/t15-,18-,25+,27-/m1/s1. The number of allylic oxidation sites excluding steroid dienone is 2. The first kappa shape index (κ1) is 27.1. The molecule has 36 heavy (non-hydrogen) atoms. The van der Waals surface area contributed by atoms with Crippen molar-refractivity contribution in [3.05, 3.63) is 47.5 Å². The number of hydrogen-bond acceptors (Lipinski definition) is 8. The molecule has 0 radical (unpaired) electrons. The van der Waals surface area contributed by atoms with E-state index >= 15 is 0 Å². The molecule has 1 aromatic heterocycles. The molecule has 0 saturated heterocycles. The van der Waals surface area contributed by atoms with Gasteiger partial charge in [0, 0.05) is 47.8 Å². The van der Waals surface area contributed by atoms with E-state index < -0.39 is 46.5 Å². The molecule has 4 atom stereocenters. The Morgan fingerprint density at radius 1 is 1.17 bits per heavy atom. The highest BCUT2D eigenvalue weighted by atomic mass is 16.5. The Morgan fingerprint density at radius 2 is 1.86 bits per heavy atom. The molecule has 0 saturated carbocycles. The minimum absolute atomic E-state index is 0.0269. The summed E-state index contributed by atoms with van der Waals surface area (Å²) in [6.45, 7) is 7.21. The molecular weight excluding hydrogens is 468 g/mol. The van der Waals surface area contributed by atoms with Crippen LogP contribution < -0.4 is 0 Å². The van der Waals surface area contributed by atoms with E-state index in [1.54, 1.807) is 26.0 Å². The third-order valence-corrected chi connectivity index (χ3v) is 7.50. The molecule has 1 aromatic rings. The summed E-state index contributed by atoms with van der Waals surface area (Å²) in [7, 11) is 1.30. The van der Waals surface area contributed by atoms with Crippen LogP contribution in [0.4, 0.5) is 0 Å². The van der Waals surface area contributed by atoms with Crippen molar-refractivity contribution >= 4 is 29.5 Å². The molecule has 1 aliphatic heterocycles. The number of methoxy groups -OCH3 is 1. The average Bonchev–Trinajstić information content (AvgIpc) is 3.34. The molecule has 0 bridgehead atoms. The zero-order valence-corrected chi connectivity index (χ0v) is 21.2. The Labute approximate surface area is 209 Å². The SMILES string of the molecule is COC(=O)C[C@@H]1[C@@H](C)C(=O)C(CC(=O)C2=CC(=O)O[C@@H](c3ccoc3)[C@]2(C)CCC(=O)O)=CC1(C)C. The molecule has 2 aliphatic rings. The smallest absolute Gasteiger partial charge is 0.331 e. The Balaban J connectivity index is 1.96. The van der Waals surface area contributed by atoms with Gasteiger partial charge in [-0.25, -0.2) is 4.79 Å². The number of ether oxygens (including phenoxy) is 2. The van der Waals surface area contributed by atoms with Gasteiger partial charge in [-0.1, -0.05) is 33.8 Å². The highest BCUT2D eigenvalue weighted by Crippen LogP contribution is 2.50. The summed E-state index contributed by atoms with van der Waals surface area (Å²) in [5.74, 6) is -3.71. The molecular formula is C27H32O9. The predicted octanol–water partition coefficient (Wildman–Crippen LogP) is 3.98. The van der Waals surface area contributed by atoms with E-state index in [2.05, 4.69) is 0 Å². The van der Waals surface area contributed by atoms with E-state index in [1.807, 2.05) is 13.8 Å². The van der Waals surface area contributed by atoms with E-state index in [0.29, 0.717) is 11.1 Å². The van der Waals surface area contributed by atoms with Crippen LogP contribution in [-0.2, 0) is 33.4 Å². The molecule has 2 heterocycles. The first-order chi connectivity index (χ1) is 16.8. The van der Waals surface area contributed by atoms with Crippen LogP contribution in [0.3, 0.4) is 0 Å². The number of cyclic esters (lactones) is 1. The second kappa shape index (κ2) is 10.2. The summed E-state index contributed by atoms with van der Waals surface area (Å²) in [5.41, 5.74) is -0.799. The highest BCUT2D eigenvalue weighted by Gasteiger charge is 2.48. The maximum absolute atomic E-state index is 13.6. The summed E-state index contributed by atoms with van der Waals surface area (Å²) in [6.07, 6.45) is 4.29. The van der Waals surface area contributed by atoms with E-state index in [1.165, 1.54) is 19.6 Å². The quantitative estimate of drug-likeness (QED) is 0.499. The van der Waals surface area contributed by atoms with Gasteiger partial charge in [0.25, 0.3) is 0 Å². The fraction of sp³-hybridized carbons (Fsp3) is 0.519. The summed E-state index contributed by atoms with van der Waals surface area (Å²) >= 11 is 0. The van der Waals surface area contributed by atoms with Crippen molar-refractivity contribution in [2.45, 2.75) is 59.5 Å². The molecule has 0 fully saturated rings. The van der Waals surface area contributed by atoms with Crippen LogP contribution in [0.1, 0.15) is 65.0 Å². The first-order valence-electron chi connectivity index (χ1n) is 11.8. The minimum atomic E-state index is -1.15. The largest absolute Gasteiger partial charge is 0.481 e. The number of carbonyl (C=O) groups excluding carboxylic acids is 4. The average molecular weight is 501 g/mol. The van der Waals surface area contributed by atoms with Gasteiger partial charge in [-0.2, -0.15) is 0 Å². The second-order valence-electron chi connectivity index (χ2n) is 10.4. The van der Waals surface area contributed by atoms with Crippen LogP contribution in [0.2, 0.25) is 0 Å². The lowest BCUT2D eigenvalue weighted by Crippen LogP contribution is -2.41. The fourth-order valence-corrected chi connectivity index (χ4v) is 5.45. The number of carboxylic acid groups (broad SMARTS) is 1. The van der Waals surface area contributed by atoms with Crippen LogP contribution in [0.15, 0.2) is 46.3 Å². The molecule has 194 valence electrons. The Kier molecular flexibility index (Phi) is 7.71. The van der Waals surface area contributed by atoms with Crippen molar-refractivity contribution in [2.24, 2.45) is 22.7 Å². The van der Waals surface area contributed by atoms with Crippen molar-refractivity contribution in [3.63, 3.8) is 0 Å². The van der Waals surface area contributed by atoms with E-state index in [4.69, 9.17) is 13.9 Å². The number of esters is 2. The number of aliphatic carboxylic acids is 1. The van der Waals surface area contributed by atoms with Gasteiger partial charge in [0.05, 0.1) is 19.6 Å². The van der Waals surface area contributed by atoms with E-state index in [9.17, 15) is 29.1 Å². The van der Waals surface area contributed by atoms with Crippen LogP contribution >= 0.6 is 0 Å². The van der Waals surface area contributed by atoms with Crippen molar-refractivity contribution in [2.75, 3.05) is 7.11 Å². The topological polar surface area (TPSA) is 137 Å². The number of rotatable bonds is 9. The third-order valence-electron chi connectivity index (χ3n) is 7.50. The van der Waals surface area contributed by atoms with Gasteiger partial charge >= 0.3 is 17.9 Å². The van der Waals surface area contributed by atoms with Gasteiger partial charge in [0.15, 0.2) is 11.6 Å². The van der Waals surface area contributed by atoms with Crippen LogP contribution in [0.25, 0.3) is 0 Å². The highest BCUT2D eigenvalue weighted by molar-refractivity contribution is 6.09. The normalized spacial score (nSPS) is 27.5.